The van der Waals surface area contributed by atoms with Gasteiger partial charge in [-0.1, -0.05) is 11.6 Å². The Morgan fingerprint density at radius 2 is 2.14 bits per heavy atom. The molecule has 0 bridgehead atoms. The van der Waals surface area contributed by atoms with E-state index in [1.165, 1.54) is 0 Å². The number of ether oxygens (including phenoxy) is 1. The molecular formula is C15H23ClN4O2. The van der Waals surface area contributed by atoms with Gasteiger partial charge in [0.2, 0.25) is 5.95 Å². The molecule has 0 saturated carbocycles. The molecule has 1 aliphatic heterocycles. The van der Waals surface area contributed by atoms with Gasteiger partial charge in [0.1, 0.15) is 5.60 Å². The molecule has 0 aliphatic carbocycles. The minimum atomic E-state index is -0.472. The van der Waals surface area contributed by atoms with Gasteiger partial charge in [0, 0.05) is 19.6 Å². The molecule has 2 rings (SSSR count). The lowest BCUT2D eigenvalue weighted by Crippen LogP contribution is -2.42. The summed E-state index contributed by atoms with van der Waals surface area (Å²) in [6, 6.07) is 0. The number of nitrogens with one attached hydrogen (secondary N) is 1. The van der Waals surface area contributed by atoms with Gasteiger partial charge in [-0.05, 0) is 39.5 Å². The molecule has 122 valence electrons. The highest BCUT2D eigenvalue weighted by Gasteiger charge is 2.23. The van der Waals surface area contributed by atoms with Gasteiger partial charge in [-0.3, -0.25) is 0 Å². The first kappa shape index (κ1) is 16.8. The Kier molecular flexibility index (Phi) is 5.45. The standard InChI is InChI=1S/C15H23ClN4O2/c1-15(2,3)22-14(21)19-7-11-5-4-6-20(10-11)13-17-8-12(16)9-18-13/h8-9,11H,4-7,10H2,1-3H3,(H,19,21)/t11-/m0/s1. The van der Waals surface area contributed by atoms with E-state index in [-0.39, 0.29) is 6.09 Å². The third-order valence-electron chi connectivity index (χ3n) is 3.34. The van der Waals surface area contributed by atoms with E-state index in [9.17, 15) is 4.79 Å². The van der Waals surface area contributed by atoms with Crippen LogP contribution >= 0.6 is 11.6 Å². The zero-order chi connectivity index (χ0) is 16.2. The third kappa shape index (κ3) is 5.33. The Hall–Kier alpha value is -1.56. The van der Waals surface area contributed by atoms with E-state index < -0.39 is 5.60 Å². The van der Waals surface area contributed by atoms with Gasteiger partial charge >= 0.3 is 6.09 Å². The summed E-state index contributed by atoms with van der Waals surface area (Å²) in [5, 5.41) is 3.37. The van der Waals surface area contributed by atoms with Crippen molar-refractivity contribution in [1.29, 1.82) is 0 Å². The van der Waals surface area contributed by atoms with Crippen molar-refractivity contribution in [3.05, 3.63) is 17.4 Å². The molecule has 1 saturated heterocycles. The maximum absolute atomic E-state index is 11.7. The molecular weight excluding hydrogens is 304 g/mol. The third-order valence-corrected chi connectivity index (χ3v) is 3.54. The first-order valence-electron chi connectivity index (χ1n) is 7.53. The molecule has 1 N–H and O–H groups in total. The number of anilines is 1. The molecule has 0 radical (unpaired) electrons. The van der Waals surface area contributed by atoms with E-state index in [4.69, 9.17) is 16.3 Å². The predicted octanol–water partition coefficient (Wildman–Crippen LogP) is 2.87. The number of halogens is 1. The van der Waals surface area contributed by atoms with Crippen LogP contribution in [0, 0.1) is 5.92 Å². The smallest absolute Gasteiger partial charge is 0.407 e. The van der Waals surface area contributed by atoms with E-state index in [0.717, 1.165) is 25.9 Å². The summed E-state index contributed by atoms with van der Waals surface area (Å²) in [4.78, 5) is 22.3. The van der Waals surface area contributed by atoms with Gasteiger partial charge in [-0.15, -0.1) is 0 Å². The van der Waals surface area contributed by atoms with Crippen molar-refractivity contribution >= 4 is 23.6 Å². The number of nitrogens with zero attached hydrogens (tertiary/aromatic N) is 3. The number of rotatable bonds is 3. The van der Waals surface area contributed by atoms with Crippen LogP contribution < -0.4 is 10.2 Å². The van der Waals surface area contributed by atoms with Gasteiger partial charge in [0.15, 0.2) is 0 Å². The van der Waals surface area contributed by atoms with Crippen LogP contribution in [0.4, 0.5) is 10.7 Å². The van der Waals surface area contributed by atoms with Gasteiger partial charge < -0.3 is 15.0 Å². The molecule has 1 aliphatic rings. The van der Waals surface area contributed by atoms with E-state index in [1.54, 1.807) is 12.4 Å². The van der Waals surface area contributed by atoms with Crippen LogP contribution in [0.2, 0.25) is 5.02 Å². The van der Waals surface area contributed by atoms with Gasteiger partial charge in [0.05, 0.1) is 17.4 Å². The second kappa shape index (κ2) is 7.13. The molecule has 0 aromatic carbocycles. The van der Waals surface area contributed by atoms with Crippen LogP contribution in [-0.2, 0) is 4.74 Å². The summed E-state index contributed by atoms with van der Waals surface area (Å²) < 4.78 is 5.25. The number of aromatic nitrogens is 2. The summed E-state index contributed by atoms with van der Waals surface area (Å²) >= 11 is 5.81. The van der Waals surface area contributed by atoms with Crippen molar-refractivity contribution in [3.8, 4) is 0 Å². The van der Waals surface area contributed by atoms with E-state index in [1.807, 2.05) is 20.8 Å². The number of carbonyl (C=O) groups excluding carboxylic acids is 1. The fourth-order valence-electron chi connectivity index (χ4n) is 2.42. The minimum Gasteiger partial charge on any atom is -0.444 e. The number of alkyl carbamates (subject to hydrolysis) is 1. The van der Waals surface area contributed by atoms with E-state index >= 15 is 0 Å². The topological polar surface area (TPSA) is 67.3 Å². The average molecular weight is 327 g/mol. The van der Waals surface area contributed by atoms with Crippen molar-refractivity contribution in [2.75, 3.05) is 24.5 Å². The minimum absolute atomic E-state index is 0.362. The molecule has 0 spiro atoms. The molecule has 7 heteroatoms. The molecule has 1 aromatic rings. The lowest BCUT2D eigenvalue weighted by atomic mass is 9.98. The highest BCUT2D eigenvalue weighted by Crippen LogP contribution is 2.20. The number of hydrogen-bond acceptors (Lipinski definition) is 5. The molecule has 1 aromatic heterocycles. The molecule has 0 unspecified atom stereocenters. The lowest BCUT2D eigenvalue weighted by molar-refractivity contribution is 0.0517. The zero-order valence-electron chi connectivity index (χ0n) is 13.3. The normalized spacial score (nSPS) is 18.9. The summed E-state index contributed by atoms with van der Waals surface area (Å²) in [6.45, 7) is 7.90. The van der Waals surface area contributed by atoms with Crippen molar-refractivity contribution in [2.45, 2.75) is 39.2 Å². The highest BCUT2D eigenvalue weighted by atomic mass is 35.5. The Morgan fingerprint density at radius 1 is 1.45 bits per heavy atom. The fraction of sp³-hybridized carbons (Fsp3) is 0.667. The summed E-state index contributed by atoms with van der Waals surface area (Å²) in [7, 11) is 0. The first-order chi connectivity index (χ1) is 10.3. The monoisotopic (exact) mass is 326 g/mol. The second-order valence-electron chi connectivity index (χ2n) is 6.54. The van der Waals surface area contributed by atoms with Crippen molar-refractivity contribution < 1.29 is 9.53 Å². The molecule has 1 fully saturated rings. The first-order valence-corrected chi connectivity index (χ1v) is 7.90. The van der Waals surface area contributed by atoms with Crippen LogP contribution in [0.3, 0.4) is 0 Å². The van der Waals surface area contributed by atoms with Crippen LogP contribution in [0.25, 0.3) is 0 Å². The lowest BCUT2D eigenvalue weighted by Gasteiger charge is -2.33. The zero-order valence-corrected chi connectivity index (χ0v) is 14.1. The van der Waals surface area contributed by atoms with Gasteiger partial charge in [0.25, 0.3) is 0 Å². The second-order valence-corrected chi connectivity index (χ2v) is 6.97. The summed E-state index contributed by atoms with van der Waals surface area (Å²) in [5.74, 6) is 1.05. The maximum Gasteiger partial charge on any atom is 0.407 e. The Bertz CT molecular complexity index is 501. The molecule has 6 nitrogen and oxygen atoms in total. The largest absolute Gasteiger partial charge is 0.444 e. The highest BCUT2D eigenvalue weighted by molar-refractivity contribution is 6.30. The van der Waals surface area contributed by atoms with Crippen molar-refractivity contribution in [1.82, 2.24) is 15.3 Å². The number of piperidine rings is 1. The van der Waals surface area contributed by atoms with Crippen molar-refractivity contribution in [2.24, 2.45) is 5.92 Å². The van der Waals surface area contributed by atoms with Crippen molar-refractivity contribution in [3.63, 3.8) is 0 Å². The quantitative estimate of drug-likeness (QED) is 0.925. The Balaban J connectivity index is 1.83. The predicted molar refractivity (Wildman–Crippen MR) is 86.2 cm³/mol. The number of carbonyl (C=O) groups is 1. The number of amides is 1. The molecule has 1 atom stereocenters. The van der Waals surface area contributed by atoms with Gasteiger partial charge in [-0.25, -0.2) is 14.8 Å². The van der Waals surface area contributed by atoms with Crippen LogP contribution in [0.1, 0.15) is 33.6 Å². The summed E-state index contributed by atoms with van der Waals surface area (Å²) in [5.41, 5.74) is -0.472. The SMILES string of the molecule is CC(C)(C)OC(=O)NC[C@@H]1CCCN(c2ncc(Cl)cn2)C1. The van der Waals surface area contributed by atoms with Crippen LogP contribution in [0.5, 0.6) is 0 Å². The van der Waals surface area contributed by atoms with Crippen LogP contribution in [-0.4, -0.2) is 41.3 Å². The van der Waals surface area contributed by atoms with E-state index in [2.05, 4.69) is 20.2 Å². The Morgan fingerprint density at radius 3 is 2.77 bits per heavy atom. The average Bonchev–Trinajstić information content (AvgIpc) is 2.44. The Labute approximate surface area is 136 Å². The molecule has 2 heterocycles. The maximum atomic E-state index is 11.7. The van der Waals surface area contributed by atoms with E-state index in [0.29, 0.717) is 23.4 Å². The number of hydrogen-bond donors (Lipinski definition) is 1. The van der Waals surface area contributed by atoms with Gasteiger partial charge in [-0.2, -0.15) is 0 Å². The van der Waals surface area contributed by atoms with Crippen LogP contribution in [0.15, 0.2) is 12.4 Å². The summed E-state index contributed by atoms with van der Waals surface area (Å²) in [6.07, 6.45) is 4.96. The fourth-order valence-corrected chi connectivity index (χ4v) is 2.52. The molecule has 1 amide bonds. The molecule has 22 heavy (non-hydrogen) atoms.